The summed E-state index contributed by atoms with van der Waals surface area (Å²) in [6.07, 6.45) is 4.51. The molecule has 0 radical (unpaired) electrons. The lowest BCUT2D eigenvalue weighted by atomic mass is 10.1. The molecule has 24 heavy (non-hydrogen) atoms. The van der Waals surface area contributed by atoms with Gasteiger partial charge in [-0.05, 0) is 52.9 Å². The Labute approximate surface area is 155 Å². The number of nitrogens with one attached hydrogen (secondary N) is 1. The third kappa shape index (κ3) is 3.36. The highest BCUT2D eigenvalue weighted by molar-refractivity contribution is 14.1. The summed E-state index contributed by atoms with van der Waals surface area (Å²) in [7, 11) is 0. The number of carboxylic acids is 1. The maximum Gasteiger partial charge on any atom is 0.337 e. The maximum absolute atomic E-state index is 14.3. The molecule has 0 spiro atoms. The smallest absolute Gasteiger partial charge is 0.337 e. The van der Waals surface area contributed by atoms with E-state index in [2.05, 4.69) is 32.9 Å². The fourth-order valence-corrected chi connectivity index (χ4v) is 3.08. The minimum atomic E-state index is -1.24. The zero-order valence-corrected chi connectivity index (χ0v) is 14.9. The molecule has 0 bridgehead atoms. The Kier molecular flexibility index (Phi) is 4.72. The first-order valence-electron chi connectivity index (χ1n) is 6.73. The number of aromatic carboxylic acids is 1. The topological polar surface area (TPSA) is 67.1 Å². The molecule has 122 valence electrons. The van der Waals surface area contributed by atoms with Gasteiger partial charge in [-0.1, -0.05) is 11.6 Å². The van der Waals surface area contributed by atoms with Gasteiger partial charge in [-0.15, -0.1) is 0 Å². The first-order valence-corrected chi connectivity index (χ1v) is 8.18. The number of halogens is 3. The molecule has 0 aliphatic heterocycles. The lowest BCUT2D eigenvalue weighted by Crippen LogP contribution is -2.07. The van der Waals surface area contributed by atoms with E-state index in [-0.39, 0.29) is 16.9 Å². The highest BCUT2D eigenvalue weighted by Crippen LogP contribution is 2.31. The Hall–Kier alpha value is -2.13. The molecule has 0 atom stereocenters. The van der Waals surface area contributed by atoms with Crippen LogP contribution >= 0.6 is 34.2 Å². The van der Waals surface area contributed by atoms with Gasteiger partial charge in [0.25, 0.3) is 0 Å². The van der Waals surface area contributed by atoms with E-state index in [1.165, 1.54) is 23.2 Å². The summed E-state index contributed by atoms with van der Waals surface area (Å²) >= 11 is 8.30. The first kappa shape index (κ1) is 16.7. The van der Waals surface area contributed by atoms with Crippen LogP contribution in [0.25, 0.3) is 5.69 Å². The highest BCUT2D eigenvalue weighted by atomic mass is 127. The molecule has 1 aromatic heterocycles. The number of rotatable bonds is 4. The SMILES string of the molecule is O=C(O)c1cc(F)c(-n2ccnc2)cc1Nc1ccc(I)cc1Cl. The molecular weight excluding hydrogens is 448 g/mol. The van der Waals surface area contributed by atoms with E-state index in [1.54, 1.807) is 18.3 Å². The van der Waals surface area contributed by atoms with Crippen LogP contribution in [-0.4, -0.2) is 20.6 Å². The van der Waals surface area contributed by atoms with Gasteiger partial charge in [0.05, 0.1) is 34.0 Å². The van der Waals surface area contributed by atoms with Gasteiger partial charge in [0.1, 0.15) is 5.82 Å². The van der Waals surface area contributed by atoms with E-state index in [1.807, 2.05) is 6.07 Å². The van der Waals surface area contributed by atoms with Gasteiger partial charge >= 0.3 is 5.97 Å². The Morgan fingerprint density at radius 1 is 1.29 bits per heavy atom. The molecular formula is C16H10ClFIN3O2. The Balaban J connectivity index is 2.10. The molecule has 0 amide bonds. The van der Waals surface area contributed by atoms with Crippen LogP contribution in [0.3, 0.4) is 0 Å². The monoisotopic (exact) mass is 457 g/mol. The van der Waals surface area contributed by atoms with Crippen molar-refractivity contribution in [2.75, 3.05) is 5.32 Å². The fourth-order valence-electron chi connectivity index (χ4n) is 2.18. The molecule has 8 heteroatoms. The van der Waals surface area contributed by atoms with Crippen LogP contribution < -0.4 is 5.32 Å². The van der Waals surface area contributed by atoms with Crippen molar-refractivity contribution in [3.63, 3.8) is 0 Å². The average molecular weight is 458 g/mol. The van der Waals surface area contributed by atoms with Gasteiger partial charge in [-0.25, -0.2) is 14.2 Å². The van der Waals surface area contributed by atoms with E-state index in [0.29, 0.717) is 10.7 Å². The predicted octanol–water partition coefficient (Wildman–Crippen LogP) is 4.71. The molecule has 0 fully saturated rings. The van der Waals surface area contributed by atoms with Crippen molar-refractivity contribution in [2.45, 2.75) is 0 Å². The second-order valence-electron chi connectivity index (χ2n) is 4.87. The third-order valence-corrected chi connectivity index (χ3v) is 4.28. The average Bonchev–Trinajstić information content (AvgIpc) is 3.05. The quantitative estimate of drug-likeness (QED) is 0.557. The highest BCUT2D eigenvalue weighted by Gasteiger charge is 2.17. The first-order chi connectivity index (χ1) is 11.5. The summed E-state index contributed by atoms with van der Waals surface area (Å²) in [6, 6.07) is 7.69. The number of benzene rings is 2. The van der Waals surface area contributed by atoms with Crippen LogP contribution in [0.15, 0.2) is 49.1 Å². The molecule has 3 rings (SSSR count). The number of carboxylic acid groups (broad SMARTS) is 1. The number of hydrogen-bond acceptors (Lipinski definition) is 3. The summed E-state index contributed by atoms with van der Waals surface area (Å²) in [4.78, 5) is 15.3. The second kappa shape index (κ2) is 6.78. The van der Waals surface area contributed by atoms with Crippen LogP contribution in [0, 0.1) is 9.39 Å². The molecule has 0 aliphatic rings. The van der Waals surface area contributed by atoms with Crippen LogP contribution in [0.1, 0.15) is 10.4 Å². The number of imidazole rings is 1. The van der Waals surface area contributed by atoms with Gasteiger partial charge in [0.2, 0.25) is 0 Å². The van der Waals surface area contributed by atoms with E-state index in [9.17, 15) is 14.3 Å². The van der Waals surface area contributed by atoms with Crippen molar-refractivity contribution in [3.8, 4) is 5.69 Å². The van der Waals surface area contributed by atoms with E-state index in [0.717, 1.165) is 9.64 Å². The maximum atomic E-state index is 14.3. The molecule has 5 nitrogen and oxygen atoms in total. The number of hydrogen-bond donors (Lipinski definition) is 2. The lowest BCUT2D eigenvalue weighted by molar-refractivity contribution is 0.0697. The van der Waals surface area contributed by atoms with Crippen LogP contribution in [0.2, 0.25) is 5.02 Å². The fraction of sp³-hybridized carbons (Fsp3) is 0. The number of carbonyl (C=O) groups is 1. The predicted molar refractivity (Wildman–Crippen MR) is 97.9 cm³/mol. The zero-order chi connectivity index (χ0) is 17.3. The summed E-state index contributed by atoms with van der Waals surface area (Å²) in [6.45, 7) is 0. The molecule has 3 aromatic rings. The minimum absolute atomic E-state index is 0.182. The molecule has 0 saturated heterocycles. The molecule has 0 aliphatic carbocycles. The van der Waals surface area contributed by atoms with Crippen molar-refractivity contribution in [2.24, 2.45) is 0 Å². The minimum Gasteiger partial charge on any atom is -0.478 e. The van der Waals surface area contributed by atoms with E-state index >= 15 is 0 Å². The third-order valence-electron chi connectivity index (χ3n) is 3.30. The van der Waals surface area contributed by atoms with Crippen molar-refractivity contribution >= 4 is 51.5 Å². The van der Waals surface area contributed by atoms with Gasteiger partial charge in [0.15, 0.2) is 0 Å². The largest absolute Gasteiger partial charge is 0.478 e. The van der Waals surface area contributed by atoms with Gasteiger partial charge in [-0.2, -0.15) is 0 Å². The number of aromatic nitrogens is 2. The van der Waals surface area contributed by atoms with Crippen molar-refractivity contribution in [3.05, 3.63) is 69.0 Å². The molecule has 2 N–H and O–H groups in total. The van der Waals surface area contributed by atoms with Gasteiger partial charge in [-0.3, -0.25) is 0 Å². The van der Waals surface area contributed by atoms with Crippen molar-refractivity contribution in [1.82, 2.24) is 9.55 Å². The number of nitrogens with zero attached hydrogens (tertiary/aromatic N) is 2. The zero-order valence-electron chi connectivity index (χ0n) is 12.0. The van der Waals surface area contributed by atoms with Gasteiger partial charge in [0, 0.05) is 16.0 Å². The normalized spacial score (nSPS) is 10.6. The van der Waals surface area contributed by atoms with Crippen molar-refractivity contribution in [1.29, 1.82) is 0 Å². The summed E-state index contributed by atoms with van der Waals surface area (Å²) < 4.78 is 16.7. The second-order valence-corrected chi connectivity index (χ2v) is 6.53. The lowest BCUT2D eigenvalue weighted by Gasteiger charge is -2.14. The summed E-state index contributed by atoms with van der Waals surface area (Å²) in [5.74, 6) is -1.90. The Bertz CT molecular complexity index is 916. The molecule has 0 saturated carbocycles. The van der Waals surface area contributed by atoms with Gasteiger partial charge < -0.3 is 15.0 Å². The molecule has 0 unspecified atom stereocenters. The standard InChI is InChI=1S/C16H10ClFIN3O2/c17-11-5-9(19)1-2-13(11)21-14-7-15(22-4-3-20-8-22)12(18)6-10(14)16(23)24/h1-8,21H,(H,23,24). The van der Waals surface area contributed by atoms with Crippen LogP contribution in [-0.2, 0) is 0 Å². The van der Waals surface area contributed by atoms with Crippen LogP contribution in [0.4, 0.5) is 15.8 Å². The van der Waals surface area contributed by atoms with E-state index in [4.69, 9.17) is 11.6 Å². The van der Waals surface area contributed by atoms with Crippen molar-refractivity contribution < 1.29 is 14.3 Å². The van der Waals surface area contributed by atoms with Crippen LogP contribution in [0.5, 0.6) is 0 Å². The summed E-state index contributed by atoms with van der Waals surface area (Å²) in [5.41, 5.74) is 0.756. The summed E-state index contributed by atoms with van der Waals surface area (Å²) in [5, 5.41) is 12.7. The Morgan fingerprint density at radius 2 is 2.08 bits per heavy atom. The molecule has 2 aromatic carbocycles. The Morgan fingerprint density at radius 3 is 2.71 bits per heavy atom. The molecule has 1 heterocycles. The number of anilines is 2. The van der Waals surface area contributed by atoms with E-state index < -0.39 is 11.8 Å².